The van der Waals surface area contributed by atoms with Crippen LogP contribution in [0.2, 0.25) is 0 Å². The molecule has 0 saturated carbocycles. The van der Waals surface area contributed by atoms with Gasteiger partial charge in [-0.3, -0.25) is 4.57 Å². The predicted molar refractivity (Wildman–Crippen MR) is 63.7 cm³/mol. The molecule has 2 fully saturated rings. The maximum absolute atomic E-state index is 11.9. The molecule has 3 heterocycles. The van der Waals surface area contributed by atoms with Crippen LogP contribution >= 0.6 is 0 Å². The molecule has 0 bridgehead atoms. The number of hydrogen-bond acceptors (Lipinski definition) is 8. The van der Waals surface area contributed by atoms with Crippen molar-refractivity contribution in [3.05, 3.63) is 22.7 Å². The molecular weight excluding hydrogens is 270 g/mol. The monoisotopic (exact) mass is 283 g/mol. The molecule has 108 valence electrons. The summed E-state index contributed by atoms with van der Waals surface area (Å²) in [5.74, 6) is 0.0734. The van der Waals surface area contributed by atoms with Crippen LogP contribution in [0, 0.1) is 0 Å². The summed E-state index contributed by atoms with van der Waals surface area (Å²) in [6.07, 6.45) is -1.99. The van der Waals surface area contributed by atoms with Crippen LogP contribution in [0.25, 0.3) is 0 Å². The summed E-state index contributed by atoms with van der Waals surface area (Å²) in [5.41, 5.74) is 3.57. The highest BCUT2D eigenvalue weighted by Crippen LogP contribution is 2.45. The zero-order valence-corrected chi connectivity index (χ0v) is 10.6. The first-order chi connectivity index (χ1) is 9.45. The van der Waals surface area contributed by atoms with E-state index in [9.17, 15) is 14.7 Å². The van der Waals surface area contributed by atoms with E-state index in [0.717, 1.165) is 4.57 Å². The fraction of sp³-hybridized carbons (Fsp3) is 0.545. The number of fused-ring (bicyclic) bond motifs is 1. The van der Waals surface area contributed by atoms with E-state index >= 15 is 0 Å². The number of nitrogens with zero attached hydrogens (tertiary/aromatic N) is 2. The van der Waals surface area contributed by atoms with Crippen molar-refractivity contribution < 1.29 is 24.1 Å². The SMILES string of the molecule is C[C@@]12OC(=O)O[C@@H]1[C@@H](CO)O[C@H]2n1ccc(N)nc1=O. The molecule has 2 saturated heterocycles. The molecule has 1 aromatic rings. The van der Waals surface area contributed by atoms with Gasteiger partial charge in [-0.2, -0.15) is 4.98 Å². The molecule has 0 amide bonds. The number of rotatable bonds is 2. The molecule has 0 unspecified atom stereocenters. The van der Waals surface area contributed by atoms with E-state index in [1.165, 1.54) is 12.3 Å². The lowest BCUT2D eigenvalue weighted by atomic mass is 9.96. The number of aromatic nitrogens is 2. The van der Waals surface area contributed by atoms with Crippen molar-refractivity contribution in [1.29, 1.82) is 0 Å². The fourth-order valence-corrected chi connectivity index (χ4v) is 2.58. The summed E-state index contributed by atoms with van der Waals surface area (Å²) in [6.45, 7) is 1.20. The Balaban J connectivity index is 2.05. The molecular formula is C11H13N3O6. The zero-order chi connectivity index (χ0) is 14.5. The molecule has 3 N–H and O–H groups in total. The summed E-state index contributed by atoms with van der Waals surface area (Å²) in [6, 6.07) is 1.42. The molecule has 1 aromatic heterocycles. The Labute approximate surface area is 112 Å². The fourth-order valence-electron chi connectivity index (χ4n) is 2.58. The second-order valence-electron chi connectivity index (χ2n) is 4.83. The molecule has 0 aliphatic carbocycles. The molecule has 0 radical (unpaired) electrons. The maximum atomic E-state index is 11.9. The van der Waals surface area contributed by atoms with E-state index < -0.39 is 35.9 Å². The summed E-state index contributed by atoms with van der Waals surface area (Å²) in [5, 5.41) is 9.30. The molecule has 3 rings (SSSR count). The third-order valence-electron chi connectivity index (χ3n) is 3.51. The van der Waals surface area contributed by atoms with Crippen molar-refractivity contribution in [2.75, 3.05) is 12.3 Å². The van der Waals surface area contributed by atoms with Crippen LogP contribution < -0.4 is 11.4 Å². The average Bonchev–Trinajstić information content (AvgIpc) is 2.80. The first-order valence-electron chi connectivity index (χ1n) is 5.96. The van der Waals surface area contributed by atoms with Gasteiger partial charge in [0.15, 0.2) is 17.9 Å². The molecule has 4 atom stereocenters. The van der Waals surface area contributed by atoms with Crippen LogP contribution in [0.4, 0.5) is 10.6 Å². The second kappa shape index (κ2) is 4.18. The van der Waals surface area contributed by atoms with E-state index in [1.807, 2.05) is 0 Å². The number of nitrogen functional groups attached to an aromatic ring is 1. The van der Waals surface area contributed by atoms with E-state index in [4.69, 9.17) is 19.9 Å². The van der Waals surface area contributed by atoms with Gasteiger partial charge < -0.3 is 25.1 Å². The number of ether oxygens (including phenoxy) is 3. The summed E-state index contributed by atoms with van der Waals surface area (Å²) in [7, 11) is 0. The zero-order valence-electron chi connectivity index (χ0n) is 10.6. The van der Waals surface area contributed by atoms with Crippen LogP contribution in [-0.4, -0.2) is 45.2 Å². The minimum Gasteiger partial charge on any atom is -0.424 e. The van der Waals surface area contributed by atoms with Crippen LogP contribution in [0.1, 0.15) is 13.2 Å². The standard InChI is InChI=1S/C11H13N3O6/c1-11-7(19-10(17)20-11)5(4-15)18-8(11)14-3-2-6(12)13-9(14)16/h2-3,5,7-8,15H,4H2,1H3,(H2,12,13,16)/t5-,7-,8-,11-/m1/s1. The number of aliphatic hydroxyl groups is 1. The van der Waals surface area contributed by atoms with Gasteiger partial charge in [0.2, 0.25) is 0 Å². The Bertz CT molecular complexity index is 616. The van der Waals surface area contributed by atoms with Gasteiger partial charge in [0.25, 0.3) is 0 Å². The van der Waals surface area contributed by atoms with Gasteiger partial charge in [0, 0.05) is 6.20 Å². The van der Waals surface area contributed by atoms with E-state index in [0.29, 0.717) is 0 Å². The van der Waals surface area contributed by atoms with Gasteiger partial charge in [0.05, 0.1) is 6.61 Å². The number of nitrogens with two attached hydrogens (primary N) is 1. The molecule has 2 aliphatic heterocycles. The molecule has 9 heteroatoms. The minimum absolute atomic E-state index is 0.0734. The second-order valence-corrected chi connectivity index (χ2v) is 4.83. The van der Waals surface area contributed by atoms with Crippen molar-refractivity contribution >= 4 is 12.0 Å². The van der Waals surface area contributed by atoms with E-state index in [-0.39, 0.29) is 12.4 Å². The minimum atomic E-state index is -1.22. The van der Waals surface area contributed by atoms with Crippen LogP contribution in [-0.2, 0) is 14.2 Å². The Morgan fingerprint density at radius 3 is 2.95 bits per heavy atom. The Morgan fingerprint density at radius 2 is 2.30 bits per heavy atom. The Hall–Kier alpha value is -2.13. The van der Waals surface area contributed by atoms with Gasteiger partial charge >= 0.3 is 11.8 Å². The van der Waals surface area contributed by atoms with Crippen molar-refractivity contribution in [2.45, 2.75) is 31.0 Å². The smallest absolute Gasteiger partial charge is 0.424 e. The highest BCUT2D eigenvalue weighted by Gasteiger charge is 2.64. The lowest BCUT2D eigenvalue weighted by molar-refractivity contribution is -0.0943. The highest BCUT2D eigenvalue weighted by molar-refractivity contribution is 5.64. The third-order valence-corrected chi connectivity index (χ3v) is 3.51. The van der Waals surface area contributed by atoms with E-state index in [2.05, 4.69) is 4.98 Å². The first-order valence-corrected chi connectivity index (χ1v) is 5.96. The average molecular weight is 283 g/mol. The predicted octanol–water partition coefficient (Wildman–Crippen LogP) is -0.991. The number of carbonyl (C=O) groups is 1. The van der Waals surface area contributed by atoms with Crippen LogP contribution in [0.3, 0.4) is 0 Å². The van der Waals surface area contributed by atoms with Crippen LogP contribution in [0.5, 0.6) is 0 Å². The van der Waals surface area contributed by atoms with Gasteiger partial charge in [-0.05, 0) is 13.0 Å². The molecule has 0 aromatic carbocycles. The molecule has 9 nitrogen and oxygen atoms in total. The van der Waals surface area contributed by atoms with Crippen molar-refractivity contribution in [2.24, 2.45) is 0 Å². The normalized spacial score (nSPS) is 35.5. The third kappa shape index (κ3) is 1.67. The van der Waals surface area contributed by atoms with E-state index in [1.54, 1.807) is 6.92 Å². The number of hydrogen-bond donors (Lipinski definition) is 2. The first kappa shape index (κ1) is 12.9. The van der Waals surface area contributed by atoms with Gasteiger partial charge in [-0.15, -0.1) is 0 Å². The molecule has 0 spiro atoms. The number of aliphatic hydroxyl groups excluding tert-OH is 1. The molecule has 2 aliphatic rings. The Morgan fingerprint density at radius 1 is 1.55 bits per heavy atom. The quantitative estimate of drug-likeness (QED) is 0.662. The van der Waals surface area contributed by atoms with Gasteiger partial charge in [-0.25, -0.2) is 9.59 Å². The van der Waals surface area contributed by atoms with Crippen molar-refractivity contribution in [3.8, 4) is 0 Å². The lowest BCUT2D eigenvalue weighted by Crippen LogP contribution is -2.44. The number of anilines is 1. The summed E-state index contributed by atoms with van der Waals surface area (Å²) in [4.78, 5) is 26.8. The van der Waals surface area contributed by atoms with Crippen LogP contribution in [0.15, 0.2) is 17.1 Å². The molecule has 20 heavy (non-hydrogen) atoms. The maximum Gasteiger partial charge on any atom is 0.509 e. The van der Waals surface area contributed by atoms with Gasteiger partial charge in [0.1, 0.15) is 11.9 Å². The largest absolute Gasteiger partial charge is 0.509 e. The van der Waals surface area contributed by atoms with Gasteiger partial charge in [-0.1, -0.05) is 0 Å². The topological polar surface area (TPSA) is 126 Å². The van der Waals surface area contributed by atoms with Crippen molar-refractivity contribution in [1.82, 2.24) is 9.55 Å². The Kier molecular flexibility index (Phi) is 2.69. The van der Waals surface area contributed by atoms with Crippen molar-refractivity contribution in [3.63, 3.8) is 0 Å². The summed E-state index contributed by atoms with van der Waals surface area (Å²) < 4.78 is 16.9. The lowest BCUT2D eigenvalue weighted by Gasteiger charge is -2.26. The summed E-state index contributed by atoms with van der Waals surface area (Å²) >= 11 is 0. The highest BCUT2D eigenvalue weighted by atomic mass is 16.8. The number of carbonyl (C=O) groups excluding carboxylic acids is 1.